The molecule has 2 heterocycles. The van der Waals surface area contributed by atoms with E-state index in [0.29, 0.717) is 31.2 Å². The fourth-order valence-corrected chi connectivity index (χ4v) is 2.62. The molecular weight excluding hydrogens is 322 g/mol. The zero-order valence-corrected chi connectivity index (χ0v) is 15.6. The van der Waals surface area contributed by atoms with Crippen molar-refractivity contribution in [2.75, 3.05) is 20.1 Å². The van der Waals surface area contributed by atoms with Gasteiger partial charge in [-0.3, -0.25) is 4.79 Å². The first kappa shape index (κ1) is 19.0. The lowest BCUT2D eigenvalue weighted by Gasteiger charge is -2.25. The Bertz CT molecular complexity index is 649. The average Bonchev–Trinajstić information content (AvgIpc) is 3.15. The number of urea groups is 1. The first-order chi connectivity index (χ1) is 11.6. The van der Waals surface area contributed by atoms with Gasteiger partial charge in [-0.25, -0.2) is 4.79 Å². The van der Waals surface area contributed by atoms with Crippen molar-refractivity contribution in [2.45, 2.75) is 51.6 Å². The summed E-state index contributed by atoms with van der Waals surface area (Å²) in [4.78, 5) is 32.3. The number of aromatic nitrogens is 2. The standard InChI is InChI=1S/C17H27N5O3/c1-7-9-22-10-8-12(14(22)23)21(6)16(24)18-11(2)13-19-15(20-25-13)17(3,4)5/h7,11-12H,1,8-10H2,2-6H3,(H,18,24). The fourth-order valence-electron chi connectivity index (χ4n) is 2.62. The van der Waals surface area contributed by atoms with Gasteiger partial charge in [0.05, 0.1) is 0 Å². The fraction of sp³-hybridized carbons (Fsp3) is 0.647. The number of nitrogens with one attached hydrogen (secondary N) is 1. The molecule has 0 radical (unpaired) electrons. The minimum Gasteiger partial charge on any atom is -0.337 e. The monoisotopic (exact) mass is 349 g/mol. The maximum absolute atomic E-state index is 12.5. The molecule has 8 nitrogen and oxygen atoms in total. The topological polar surface area (TPSA) is 91.6 Å². The van der Waals surface area contributed by atoms with Crippen LogP contribution in [-0.4, -0.2) is 58.1 Å². The molecule has 0 aromatic carbocycles. The van der Waals surface area contributed by atoms with Crippen molar-refractivity contribution in [3.05, 3.63) is 24.4 Å². The summed E-state index contributed by atoms with van der Waals surface area (Å²) in [6.45, 7) is 12.5. The number of nitrogens with zero attached hydrogens (tertiary/aromatic N) is 4. The molecule has 0 spiro atoms. The van der Waals surface area contributed by atoms with Crippen LogP contribution in [0.5, 0.6) is 0 Å². The number of rotatable bonds is 5. The summed E-state index contributed by atoms with van der Waals surface area (Å²) < 4.78 is 5.25. The Morgan fingerprint density at radius 1 is 1.56 bits per heavy atom. The molecule has 1 aliphatic heterocycles. The van der Waals surface area contributed by atoms with Crippen LogP contribution in [0.3, 0.4) is 0 Å². The Labute approximate surface area is 148 Å². The third-order valence-corrected chi connectivity index (χ3v) is 4.23. The molecule has 2 atom stereocenters. The third-order valence-electron chi connectivity index (χ3n) is 4.23. The van der Waals surface area contributed by atoms with E-state index in [0.717, 1.165) is 0 Å². The van der Waals surface area contributed by atoms with Crippen LogP contribution in [0, 0.1) is 0 Å². The van der Waals surface area contributed by atoms with Crippen molar-refractivity contribution in [1.82, 2.24) is 25.3 Å². The normalized spacial score (nSPS) is 19.0. The molecule has 1 fully saturated rings. The molecule has 25 heavy (non-hydrogen) atoms. The lowest BCUT2D eigenvalue weighted by atomic mass is 9.96. The molecule has 1 aromatic rings. The molecule has 1 aliphatic rings. The van der Waals surface area contributed by atoms with Gasteiger partial charge in [-0.05, 0) is 13.3 Å². The molecule has 8 heteroatoms. The Kier molecular flexibility index (Phi) is 5.49. The number of likely N-dealkylation sites (N-methyl/N-ethyl adjacent to an activating group) is 1. The van der Waals surface area contributed by atoms with Gasteiger partial charge in [0.25, 0.3) is 0 Å². The summed E-state index contributed by atoms with van der Waals surface area (Å²) in [7, 11) is 1.62. The van der Waals surface area contributed by atoms with Crippen molar-refractivity contribution >= 4 is 11.9 Å². The number of hydrogen-bond acceptors (Lipinski definition) is 5. The van der Waals surface area contributed by atoms with E-state index in [1.54, 1.807) is 24.9 Å². The first-order valence-electron chi connectivity index (χ1n) is 8.42. The predicted molar refractivity (Wildman–Crippen MR) is 92.9 cm³/mol. The highest BCUT2D eigenvalue weighted by atomic mass is 16.5. The van der Waals surface area contributed by atoms with Crippen molar-refractivity contribution in [2.24, 2.45) is 0 Å². The van der Waals surface area contributed by atoms with E-state index in [1.807, 2.05) is 20.8 Å². The second-order valence-electron chi connectivity index (χ2n) is 7.37. The number of carbonyl (C=O) groups is 2. The van der Waals surface area contributed by atoms with Crippen LogP contribution in [0.1, 0.15) is 51.9 Å². The summed E-state index contributed by atoms with van der Waals surface area (Å²) in [6, 6.07) is -1.25. The van der Waals surface area contributed by atoms with Crippen molar-refractivity contribution < 1.29 is 14.1 Å². The molecule has 3 amide bonds. The summed E-state index contributed by atoms with van der Waals surface area (Å²) in [5.74, 6) is 0.874. The maximum atomic E-state index is 12.5. The summed E-state index contributed by atoms with van der Waals surface area (Å²) >= 11 is 0. The van der Waals surface area contributed by atoms with Crippen LogP contribution >= 0.6 is 0 Å². The second-order valence-corrected chi connectivity index (χ2v) is 7.37. The van der Waals surface area contributed by atoms with Crippen LogP contribution in [0.2, 0.25) is 0 Å². The highest BCUT2D eigenvalue weighted by Gasteiger charge is 2.36. The highest BCUT2D eigenvalue weighted by molar-refractivity contribution is 5.88. The number of likely N-dealkylation sites (tertiary alicyclic amines) is 1. The minimum atomic E-state index is -0.458. The summed E-state index contributed by atoms with van der Waals surface area (Å²) in [6.07, 6.45) is 2.30. The molecule has 0 aliphatic carbocycles. The Morgan fingerprint density at radius 2 is 2.24 bits per heavy atom. The highest BCUT2D eigenvalue weighted by Crippen LogP contribution is 2.21. The average molecular weight is 349 g/mol. The van der Waals surface area contributed by atoms with E-state index in [4.69, 9.17) is 4.52 Å². The van der Waals surface area contributed by atoms with Gasteiger partial charge in [-0.15, -0.1) is 6.58 Å². The zero-order valence-electron chi connectivity index (χ0n) is 15.6. The first-order valence-corrected chi connectivity index (χ1v) is 8.42. The number of carbonyl (C=O) groups excluding carboxylic acids is 2. The van der Waals surface area contributed by atoms with Gasteiger partial charge in [0, 0.05) is 25.6 Å². The van der Waals surface area contributed by atoms with E-state index in [-0.39, 0.29) is 17.4 Å². The third kappa shape index (κ3) is 4.18. The quantitative estimate of drug-likeness (QED) is 0.819. The molecule has 0 saturated carbocycles. The van der Waals surface area contributed by atoms with Crippen LogP contribution in [0.15, 0.2) is 17.2 Å². The van der Waals surface area contributed by atoms with Gasteiger partial charge < -0.3 is 19.6 Å². The summed E-state index contributed by atoms with van der Waals surface area (Å²) in [5, 5.41) is 6.76. The molecule has 2 unspecified atom stereocenters. The van der Waals surface area contributed by atoms with E-state index >= 15 is 0 Å². The van der Waals surface area contributed by atoms with Crippen molar-refractivity contribution in [3.63, 3.8) is 0 Å². The zero-order chi connectivity index (χ0) is 18.8. The second kappa shape index (κ2) is 7.25. The van der Waals surface area contributed by atoms with Gasteiger partial charge in [0.2, 0.25) is 11.8 Å². The van der Waals surface area contributed by atoms with Gasteiger partial charge in [-0.2, -0.15) is 4.98 Å². The Hall–Kier alpha value is -2.38. The summed E-state index contributed by atoms with van der Waals surface area (Å²) in [5.41, 5.74) is -0.229. The van der Waals surface area contributed by atoms with Gasteiger partial charge in [0.1, 0.15) is 12.1 Å². The van der Waals surface area contributed by atoms with Gasteiger partial charge >= 0.3 is 6.03 Å². The largest absolute Gasteiger partial charge is 0.337 e. The molecule has 2 rings (SSSR count). The lowest BCUT2D eigenvalue weighted by Crippen LogP contribution is -2.47. The smallest absolute Gasteiger partial charge is 0.318 e. The van der Waals surface area contributed by atoms with Crippen LogP contribution in [-0.2, 0) is 10.2 Å². The van der Waals surface area contributed by atoms with E-state index in [9.17, 15) is 9.59 Å². The predicted octanol–water partition coefficient (Wildman–Crippen LogP) is 1.86. The molecule has 1 saturated heterocycles. The van der Waals surface area contributed by atoms with E-state index in [2.05, 4.69) is 22.0 Å². The van der Waals surface area contributed by atoms with Crippen molar-refractivity contribution in [3.8, 4) is 0 Å². The number of amides is 3. The molecule has 1 aromatic heterocycles. The molecule has 138 valence electrons. The van der Waals surface area contributed by atoms with E-state index in [1.165, 1.54) is 4.90 Å². The number of hydrogen-bond donors (Lipinski definition) is 1. The van der Waals surface area contributed by atoms with E-state index < -0.39 is 12.1 Å². The van der Waals surface area contributed by atoms with Crippen LogP contribution < -0.4 is 5.32 Å². The van der Waals surface area contributed by atoms with Crippen molar-refractivity contribution in [1.29, 1.82) is 0 Å². The lowest BCUT2D eigenvalue weighted by molar-refractivity contribution is -0.130. The maximum Gasteiger partial charge on any atom is 0.318 e. The molecule has 0 bridgehead atoms. The van der Waals surface area contributed by atoms with Gasteiger partial charge in [0.15, 0.2) is 5.82 Å². The molecular formula is C17H27N5O3. The SMILES string of the molecule is C=CCN1CCC(N(C)C(=O)NC(C)c2nc(C(C)(C)C)no2)C1=O. The molecule has 1 N–H and O–H groups in total. The minimum absolute atomic E-state index is 0.0574. The van der Waals surface area contributed by atoms with Crippen LogP contribution in [0.25, 0.3) is 0 Å². The Morgan fingerprint density at radius 3 is 2.80 bits per heavy atom. The Balaban J connectivity index is 1.98. The van der Waals surface area contributed by atoms with Crippen LogP contribution in [0.4, 0.5) is 4.79 Å². The van der Waals surface area contributed by atoms with Gasteiger partial charge in [-0.1, -0.05) is 32.0 Å².